The molecule has 7 heteroatoms. The van der Waals surface area contributed by atoms with Crippen LogP contribution in [0.4, 0.5) is 0 Å². The minimum absolute atomic E-state index is 0.0578. The molecule has 0 fully saturated rings. The molecule has 0 aliphatic heterocycles. The summed E-state index contributed by atoms with van der Waals surface area (Å²) in [7, 11) is 0. The summed E-state index contributed by atoms with van der Waals surface area (Å²) in [6.45, 7) is 5.64. The number of benzene rings is 1. The molecule has 1 aromatic carbocycles. The number of rotatable bonds is 5. The van der Waals surface area contributed by atoms with Gasteiger partial charge < -0.3 is 9.47 Å². The lowest BCUT2D eigenvalue weighted by Crippen LogP contribution is -2.18. The van der Waals surface area contributed by atoms with Gasteiger partial charge in [-0.2, -0.15) is 0 Å². The number of hydrogen-bond acceptors (Lipinski definition) is 6. The molecule has 0 saturated heterocycles. The van der Waals surface area contributed by atoms with Crippen molar-refractivity contribution in [1.29, 1.82) is 0 Å². The van der Waals surface area contributed by atoms with Crippen LogP contribution in [0.15, 0.2) is 34.6 Å². The van der Waals surface area contributed by atoms with Crippen molar-refractivity contribution in [2.45, 2.75) is 27.4 Å². The van der Waals surface area contributed by atoms with Crippen molar-refractivity contribution in [3.8, 4) is 5.75 Å². The second-order valence-electron chi connectivity index (χ2n) is 5.82. The second kappa shape index (κ2) is 7.06. The summed E-state index contributed by atoms with van der Waals surface area (Å²) >= 11 is 1.35. The third-order valence-electron chi connectivity index (χ3n) is 3.68. The largest absolute Gasteiger partial charge is 0.481 e. The van der Waals surface area contributed by atoms with Crippen LogP contribution < -0.4 is 10.3 Å². The highest BCUT2D eigenvalue weighted by Gasteiger charge is 2.11. The SMILES string of the molecule is Cc1cc(C)c(OCC(=O)OCc2cc(=O)n3ccsc3n2)c(C)c1. The Morgan fingerprint density at radius 3 is 2.64 bits per heavy atom. The minimum atomic E-state index is -0.507. The highest BCUT2D eigenvalue weighted by molar-refractivity contribution is 7.15. The number of fused-ring (bicyclic) bond motifs is 1. The lowest BCUT2D eigenvalue weighted by Gasteiger charge is -2.12. The number of esters is 1. The van der Waals surface area contributed by atoms with Gasteiger partial charge in [0.15, 0.2) is 11.6 Å². The van der Waals surface area contributed by atoms with E-state index in [1.165, 1.54) is 21.8 Å². The van der Waals surface area contributed by atoms with E-state index in [-0.39, 0.29) is 18.8 Å². The predicted octanol–water partition coefficient (Wildman–Crippen LogP) is 2.80. The first-order valence-electron chi connectivity index (χ1n) is 7.76. The normalized spacial score (nSPS) is 10.8. The maximum Gasteiger partial charge on any atom is 0.344 e. The third-order valence-corrected chi connectivity index (χ3v) is 4.43. The molecule has 0 aliphatic carbocycles. The zero-order chi connectivity index (χ0) is 18.0. The van der Waals surface area contributed by atoms with Crippen molar-refractivity contribution in [3.63, 3.8) is 0 Å². The molecule has 0 unspecified atom stereocenters. The van der Waals surface area contributed by atoms with Gasteiger partial charge in [-0.05, 0) is 31.9 Å². The number of nitrogens with zero attached hydrogens (tertiary/aromatic N) is 2. The van der Waals surface area contributed by atoms with Crippen molar-refractivity contribution in [3.05, 3.63) is 62.5 Å². The molecule has 0 spiro atoms. The summed E-state index contributed by atoms with van der Waals surface area (Å²) < 4.78 is 12.2. The fourth-order valence-corrected chi connectivity index (χ4v) is 3.42. The van der Waals surface area contributed by atoms with Gasteiger partial charge >= 0.3 is 5.97 Å². The van der Waals surface area contributed by atoms with Gasteiger partial charge in [-0.3, -0.25) is 9.20 Å². The number of carbonyl (C=O) groups excluding carboxylic acids is 1. The van der Waals surface area contributed by atoms with Crippen LogP contribution in [-0.2, 0) is 16.1 Å². The van der Waals surface area contributed by atoms with Crippen molar-refractivity contribution < 1.29 is 14.3 Å². The molecule has 130 valence electrons. The summed E-state index contributed by atoms with van der Waals surface area (Å²) in [5.41, 5.74) is 3.32. The fraction of sp³-hybridized carbons (Fsp3) is 0.278. The van der Waals surface area contributed by atoms with Gasteiger partial charge in [-0.1, -0.05) is 17.7 Å². The lowest BCUT2D eigenvalue weighted by atomic mass is 10.1. The summed E-state index contributed by atoms with van der Waals surface area (Å²) in [5.74, 6) is 0.187. The first-order chi connectivity index (χ1) is 11.9. The average molecular weight is 358 g/mol. The number of hydrogen-bond donors (Lipinski definition) is 0. The Labute approximate surface area is 148 Å². The third kappa shape index (κ3) is 3.88. The quantitative estimate of drug-likeness (QED) is 0.656. The highest BCUT2D eigenvalue weighted by Crippen LogP contribution is 2.24. The predicted molar refractivity (Wildman–Crippen MR) is 95.3 cm³/mol. The van der Waals surface area contributed by atoms with Crippen molar-refractivity contribution in [2.75, 3.05) is 6.61 Å². The van der Waals surface area contributed by atoms with Crippen LogP contribution in [0.2, 0.25) is 0 Å². The van der Waals surface area contributed by atoms with Gasteiger partial charge in [-0.25, -0.2) is 9.78 Å². The molecule has 0 N–H and O–H groups in total. The summed E-state index contributed by atoms with van der Waals surface area (Å²) in [6.07, 6.45) is 1.66. The van der Waals surface area contributed by atoms with Gasteiger partial charge in [0.05, 0.1) is 5.69 Å². The standard InChI is InChI=1S/C18H18N2O4S/c1-11-6-12(2)17(13(3)7-11)24-10-16(22)23-9-14-8-15(21)20-4-5-25-18(20)19-14/h4-8H,9-10H2,1-3H3. The maximum absolute atomic E-state index is 11.9. The number of aromatic nitrogens is 2. The number of aryl methyl sites for hydroxylation is 3. The van der Waals surface area contributed by atoms with Crippen LogP contribution in [0.3, 0.4) is 0 Å². The Bertz CT molecular complexity index is 967. The van der Waals surface area contributed by atoms with Crippen LogP contribution >= 0.6 is 11.3 Å². The molecule has 0 atom stereocenters. The van der Waals surface area contributed by atoms with Gasteiger partial charge in [0, 0.05) is 17.6 Å². The Hall–Kier alpha value is -2.67. The molecule has 0 saturated carbocycles. The zero-order valence-electron chi connectivity index (χ0n) is 14.2. The van der Waals surface area contributed by atoms with E-state index in [0.717, 1.165) is 16.7 Å². The molecule has 3 aromatic rings. The Morgan fingerprint density at radius 2 is 1.92 bits per heavy atom. The van der Waals surface area contributed by atoms with Crippen LogP contribution in [0, 0.1) is 20.8 Å². The van der Waals surface area contributed by atoms with Crippen molar-refractivity contribution in [2.24, 2.45) is 0 Å². The first kappa shape index (κ1) is 17.2. The van der Waals surface area contributed by atoms with Crippen molar-refractivity contribution >= 4 is 22.3 Å². The first-order valence-corrected chi connectivity index (χ1v) is 8.64. The minimum Gasteiger partial charge on any atom is -0.481 e. The Morgan fingerprint density at radius 1 is 1.20 bits per heavy atom. The summed E-state index contributed by atoms with van der Waals surface area (Å²) in [6, 6.07) is 5.37. The fourth-order valence-electron chi connectivity index (χ4n) is 2.68. The highest BCUT2D eigenvalue weighted by atomic mass is 32.1. The molecule has 6 nitrogen and oxygen atoms in total. The molecular weight excluding hydrogens is 340 g/mol. The molecule has 0 amide bonds. The molecule has 0 radical (unpaired) electrons. The van der Waals surface area contributed by atoms with E-state index >= 15 is 0 Å². The second-order valence-corrected chi connectivity index (χ2v) is 6.69. The molecular formula is C18H18N2O4S. The zero-order valence-corrected chi connectivity index (χ0v) is 15.1. The van der Waals surface area contributed by atoms with E-state index in [2.05, 4.69) is 4.98 Å². The monoisotopic (exact) mass is 358 g/mol. The van der Waals surface area contributed by atoms with Gasteiger partial charge in [0.25, 0.3) is 5.56 Å². The van der Waals surface area contributed by atoms with Crippen LogP contribution in [-0.4, -0.2) is 22.0 Å². The van der Waals surface area contributed by atoms with E-state index in [0.29, 0.717) is 16.4 Å². The Balaban J connectivity index is 1.60. The van der Waals surface area contributed by atoms with Crippen LogP contribution in [0.5, 0.6) is 5.75 Å². The van der Waals surface area contributed by atoms with Crippen molar-refractivity contribution in [1.82, 2.24) is 9.38 Å². The van der Waals surface area contributed by atoms with Gasteiger partial charge in [-0.15, -0.1) is 11.3 Å². The van der Waals surface area contributed by atoms with Gasteiger partial charge in [0.1, 0.15) is 12.4 Å². The summed E-state index contributed by atoms with van der Waals surface area (Å²) in [5, 5.41) is 1.78. The topological polar surface area (TPSA) is 69.9 Å². The van der Waals surface area contributed by atoms with Crippen LogP contribution in [0.1, 0.15) is 22.4 Å². The number of ether oxygens (including phenoxy) is 2. The number of carbonyl (C=O) groups is 1. The van der Waals surface area contributed by atoms with Gasteiger partial charge in [0.2, 0.25) is 0 Å². The van der Waals surface area contributed by atoms with E-state index in [4.69, 9.17) is 9.47 Å². The molecule has 2 heterocycles. The average Bonchev–Trinajstić information content (AvgIpc) is 3.01. The molecule has 0 aliphatic rings. The molecule has 0 bridgehead atoms. The lowest BCUT2D eigenvalue weighted by molar-refractivity contribution is -0.147. The van der Waals surface area contributed by atoms with E-state index in [1.807, 2.05) is 32.9 Å². The summed E-state index contributed by atoms with van der Waals surface area (Å²) in [4.78, 5) is 28.7. The molecule has 3 rings (SSSR count). The smallest absolute Gasteiger partial charge is 0.344 e. The molecule has 25 heavy (non-hydrogen) atoms. The van der Waals surface area contributed by atoms with E-state index < -0.39 is 5.97 Å². The van der Waals surface area contributed by atoms with E-state index in [9.17, 15) is 9.59 Å². The van der Waals surface area contributed by atoms with Crippen LogP contribution in [0.25, 0.3) is 4.96 Å². The maximum atomic E-state index is 11.9. The number of thiazole rings is 1. The molecule has 2 aromatic heterocycles. The Kier molecular flexibility index (Phi) is 4.85. The van der Waals surface area contributed by atoms with E-state index in [1.54, 1.807) is 11.6 Å².